The summed E-state index contributed by atoms with van der Waals surface area (Å²) in [5.41, 5.74) is -1.62. The molecule has 0 saturated carbocycles. The summed E-state index contributed by atoms with van der Waals surface area (Å²) in [6.45, 7) is 5.69. The van der Waals surface area contributed by atoms with Crippen LogP contribution in [0.2, 0.25) is 0 Å². The lowest BCUT2D eigenvalue weighted by Crippen LogP contribution is -2.42. The first-order valence-electron chi connectivity index (χ1n) is 10.5. The number of ether oxygens (including phenoxy) is 2. The molecule has 0 spiro atoms. The van der Waals surface area contributed by atoms with Gasteiger partial charge in [-0.25, -0.2) is 0 Å². The second-order valence-electron chi connectivity index (χ2n) is 7.30. The minimum atomic E-state index is -1.62. The summed E-state index contributed by atoms with van der Waals surface area (Å²) >= 11 is 0. The molecule has 0 aromatic heterocycles. The highest BCUT2D eigenvalue weighted by atomic mass is 16.6. The maximum absolute atomic E-state index is 12.2. The number of rotatable bonds is 17. The minimum absolute atomic E-state index is 0.283. The van der Waals surface area contributed by atoms with Crippen LogP contribution in [0.3, 0.4) is 0 Å². The van der Waals surface area contributed by atoms with Gasteiger partial charge in [0.25, 0.3) is 0 Å². The van der Waals surface area contributed by atoms with Gasteiger partial charge in [-0.1, -0.05) is 78.1 Å². The van der Waals surface area contributed by atoms with E-state index in [-0.39, 0.29) is 13.2 Å². The Hall–Kier alpha value is -1.10. The molecule has 0 amide bonds. The van der Waals surface area contributed by atoms with E-state index in [9.17, 15) is 14.7 Å². The summed E-state index contributed by atoms with van der Waals surface area (Å²) in [4.78, 5) is 24.4. The molecule has 0 radical (unpaired) electrons. The number of hydrogen-bond donors (Lipinski definition) is 1. The molecule has 0 aliphatic rings. The summed E-state index contributed by atoms with van der Waals surface area (Å²) in [5.74, 6) is -1.39. The second-order valence-corrected chi connectivity index (χ2v) is 7.30. The van der Waals surface area contributed by atoms with Gasteiger partial charge >= 0.3 is 11.9 Å². The van der Waals surface area contributed by atoms with Crippen LogP contribution in [0.25, 0.3) is 0 Å². The van der Waals surface area contributed by atoms with Crippen molar-refractivity contribution in [1.29, 1.82) is 0 Å². The molecular formula is C21H40O5. The maximum atomic E-state index is 12.2. The van der Waals surface area contributed by atoms with E-state index in [1.807, 2.05) is 0 Å². The number of unbranched alkanes of at least 4 members (excludes halogenated alkanes) is 10. The number of hydrogen-bond acceptors (Lipinski definition) is 5. The summed E-state index contributed by atoms with van der Waals surface area (Å²) in [6.07, 6.45) is 13.1. The van der Waals surface area contributed by atoms with Gasteiger partial charge in [0.05, 0.1) is 19.8 Å². The molecule has 0 bridgehead atoms. The minimum Gasteiger partial charge on any atom is -0.465 e. The average Bonchev–Trinajstić information content (AvgIpc) is 2.65. The fourth-order valence-electron chi connectivity index (χ4n) is 2.63. The molecule has 154 valence electrons. The predicted molar refractivity (Wildman–Crippen MR) is 104 cm³/mol. The Labute approximate surface area is 159 Å². The first kappa shape index (κ1) is 24.9. The Morgan fingerprint density at radius 1 is 0.692 bits per heavy atom. The molecule has 0 aliphatic heterocycles. The number of carbonyl (C=O) groups is 2. The van der Waals surface area contributed by atoms with E-state index in [4.69, 9.17) is 9.47 Å². The number of carbonyl (C=O) groups excluding carboxylic acids is 2. The van der Waals surface area contributed by atoms with Crippen LogP contribution in [0.4, 0.5) is 0 Å². The highest BCUT2D eigenvalue weighted by molar-refractivity contribution is 5.99. The lowest BCUT2D eigenvalue weighted by molar-refractivity contribution is -0.174. The first-order chi connectivity index (χ1) is 12.5. The maximum Gasteiger partial charge on any atom is 0.325 e. The summed E-state index contributed by atoms with van der Waals surface area (Å²) < 4.78 is 10.4. The van der Waals surface area contributed by atoms with Crippen LogP contribution in [-0.2, 0) is 19.1 Å². The van der Waals surface area contributed by atoms with Gasteiger partial charge in [0.1, 0.15) is 0 Å². The molecule has 0 unspecified atom stereocenters. The molecule has 0 aromatic rings. The van der Waals surface area contributed by atoms with Crippen molar-refractivity contribution in [1.82, 2.24) is 0 Å². The third kappa shape index (κ3) is 10.8. The Morgan fingerprint density at radius 3 is 1.38 bits per heavy atom. The smallest absolute Gasteiger partial charge is 0.325 e. The van der Waals surface area contributed by atoms with Gasteiger partial charge in [-0.3, -0.25) is 9.59 Å². The molecule has 0 atom stereocenters. The van der Waals surface area contributed by atoms with Crippen LogP contribution in [0, 0.1) is 5.41 Å². The highest BCUT2D eigenvalue weighted by Crippen LogP contribution is 2.21. The zero-order valence-corrected chi connectivity index (χ0v) is 17.2. The van der Waals surface area contributed by atoms with Gasteiger partial charge in [-0.05, 0) is 19.8 Å². The topological polar surface area (TPSA) is 72.8 Å². The molecule has 26 heavy (non-hydrogen) atoms. The number of aliphatic hydroxyl groups excluding tert-OH is 1. The van der Waals surface area contributed by atoms with E-state index in [1.165, 1.54) is 45.4 Å². The standard InChI is InChI=1S/C21H40O5/c1-4-6-8-10-12-14-16-25-19(23)21(3,18-22)20(24)26-17-15-13-11-9-7-5-2/h22H,4-18H2,1-3H3. The molecule has 0 fully saturated rings. The normalized spacial score (nSPS) is 11.4. The lowest BCUT2D eigenvalue weighted by atomic mass is 9.92. The van der Waals surface area contributed by atoms with Gasteiger partial charge in [0.15, 0.2) is 5.41 Å². The Balaban J connectivity index is 4.01. The van der Waals surface area contributed by atoms with Gasteiger partial charge < -0.3 is 14.6 Å². The van der Waals surface area contributed by atoms with Gasteiger partial charge in [0, 0.05) is 0 Å². The summed E-state index contributed by atoms with van der Waals surface area (Å²) in [6, 6.07) is 0. The largest absolute Gasteiger partial charge is 0.465 e. The fourth-order valence-corrected chi connectivity index (χ4v) is 2.63. The molecule has 0 aromatic carbocycles. The van der Waals surface area contributed by atoms with Crippen molar-refractivity contribution < 1.29 is 24.2 Å². The number of esters is 2. The van der Waals surface area contributed by atoms with Crippen molar-refractivity contribution in [3.05, 3.63) is 0 Å². The predicted octanol–water partition coefficient (Wildman–Crippen LogP) is 4.79. The van der Waals surface area contributed by atoms with Crippen LogP contribution in [0.15, 0.2) is 0 Å². The van der Waals surface area contributed by atoms with Crippen molar-refractivity contribution >= 4 is 11.9 Å². The summed E-state index contributed by atoms with van der Waals surface area (Å²) in [5, 5.41) is 9.52. The average molecular weight is 373 g/mol. The van der Waals surface area contributed by atoms with E-state index in [0.717, 1.165) is 38.5 Å². The van der Waals surface area contributed by atoms with Crippen LogP contribution < -0.4 is 0 Å². The summed E-state index contributed by atoms with van der Waals surface area (Å²) in [7, 11) is 0. The quantitative estimate of drug-likeness (QED) is 0.226. The zero-order valence-electron chi connectivity index (χ0n) is 17.2. The van der Waals surface area contributed by atoms with E-state index in [1.54, 1.807) is 0 Å². The lowest BCUT2D eigenvalue weighted by Gasteiger charge is -2.23. The molecule has 0 rings (SSSR count). The Bertz CT molecular complexity index is 337. The van der Waals surface area contributed by atoms with E-state index in [2.05, 4.69) is 13.8 Å². The van der Waals surface area contributed by atoms with Crippen molar-refractivity contribution in [3.63, 3.8) is 0 Å². The van der Waals surface area contributed by atoms with Gasteiger partial charge in [-0.15, -0.1) is 0 Å². The first-order valence-corrected chi connectivity index (χ1v) is 10.5. The van der Waals surface area contributed by atoms with Crippen molar-refractivity contribution in [2.75, 3.05) is 19.8 Å². The molecule has 0 aliphatic carbocycles. The Morgan fingerprint density at radius 2 is 1.04 bits per heavy atom. The van der Waals surface area contributed by atoms with Gasteiger partial charge in [-0.2, -0.15) is 0 Å². The van der Waals surface area contributed by atoms with Gasteiger partial charge in [0.2, 0.25) is 0 Å². The Kier molecular flexibility index (Phi) is 15.4. The zero-order chi connectivity index (χ0) is 19.7. The highest BCUT2D eigenvalue weighted by Gasteiger charge is 2.44. The van der Waals surface area contributed by atoms with Crippen LogP contribution in [0.1, 0.15) is 97.8 Å². The van der Waals surface area contributed by atoms with E-state index >= 15 is 0 Å². The second kappa shape index (κ2) is 16.1. The monoisotopic (exact) mass is 372 g/mol. The van der Waals surface area contributed by atoms with E-state index in [0.29, 0.717) is 0 Å². The molecule has 0 saturated heterocycles. The third-order valence-corrected chi connectivity index (χ3v) is 4.68. The van der Waals surface area contributed by atoms with Crippen LogP contribution in [-0.4, -0.2) is 36.9 Å². The SMILES string of the molecule is CCCCCCCCOC(=O)C(C)(CO)C(=O)OCCCCCCCC. The van der Waals surface area contributed by atoms with E-state index < -0.39 is 24.0 Å². The molecule has 0 heterocycles. The molecule has 5 heteroatoms. The molecular weight excluding hydrogens is 332 g/mol. The fraction of sp³-hybridized carbons (Fsp3) is 0.905. The molecule has 5 nitrogen and oxygen atoms in total. The van der Waals surface area contributed by atoms with Crippen molar-refractivity contribution in [3.8, 4) is 0 Å². The van der Waals surface area contributed by atoms with Crippen molar-refractivity contribution in [2.45, 2.75) is 97.8 Å². The van der Waals surface area contributed by atoms with Crippen LogP contribution >= 0.6 is 0 Å². The molecule has 1 N–H and O–H groups in total. The number of aliphatic hydroxyl groups is 1. The third-order valence-electron chi connectivity index (χ3n) is 4.68. The van der Waals surface area contributed by atoms with Crippen LogP contribution in [0.5, 0.6) is 0 Å². The van der Waals surface area contributed by atoms with Crippen molar-refractivity contribution in [2.24, 2.45) is 5.41 Å².